The fourth-order valence-corrected chi connectivity index (χ4v) is 2.74. The van der Waals surface area contributed by atoms with Crippen molar-refractivity contribution in [3.63, 3.8) is 0 Å². The molecule has 0 fully saturated rings. The molecule has 0 spiro atoms. The van der Waals surface area contributed by atoms with Crippen molar-refractivity contribution in [1.29, 1.82) is 0 Å². The van der Waals surface area contributed by atoms with E-state index in [0.717, 1.165) is 14.9 Å². The molecule has 0 saturated heterocycles. The third kappa shape index (κ3) is 3.27. The van der Waals surface area contributed by atoms with Crippen molar-refractivity contribution in [2.24, 2.45) is 5.10 Å². The maximum absolute atomic E-state index is 11.8. The molecule has 0 unspecified atom stereocenters. The van der Waals surface area contributed by atoms with Crippen LogP contribution in [0.3, 0.4) is 0 Å². The molecule has 0 aliphatic carbocycles. The number of aryl methyl sites for hydroxylation is 1. The van der Waals surface area contributed by atoms with Gasteiger partial charge in [-0.05, 0) is 40.5 Å². The largest absolute Gasteiger partial charge is 0.271 e. The van der Waals surface area contributed by atoms with Crippen LogP contribution in [0.5, 0.6) is 0 Å². The maximum Gasteiger partial charge on any atom is 0.271 e. The smallest absolute Gasteiger partial charge is 0.267 e. The number of halogens is 1. The lowest BCUT2D eigenvalue weighted by atomic mass is 10.1. The minimum atomic E-state index is -0.194. The summed E-state index contributed by atoms with van der Waals surface area (Å²) >= 11 is 4.91. The summed E-state index contributed by atoms with van der Waals surface area (Å²) in [5.41, 5.74) is 4.09. The van der Waals surface area contributed by atoms with Crippen LogP contribution in [0.4, 0.5) is 0 Å². The number of carbonyl (C=O) groups excluding carboxylic acids is 1. The summed E-state index contributed by atoms with van der Waals surface area (Å²) in [7, 11) is 0. The number of carbonyl (C=O) groups is 1. The first kappa shape index (κ1) is 13.0. The molecular formula is C13H11BrN2OS. The molecule has 0 radical (unpaired) electrons. The van der Waals surface area contributed by atoms with E-state index in [4.69, 9.17) is 0 Å². The van der Waals surface area contributed by atoms with Gasteiger partial charge in [-0.15, -0.1) is 11.3 Å². The van der Waals surface area contributed by atoms with Crippen molar-refractivity contribution in [1.82, 2.24) is 5.43 Å². The number of nitrogens with zero attached hydrogens (tertiary/aromatic N) is 1. The van der Waals surface area contributed by atoms with Crippen LogP contribution in [0.25, 0.3) is 0 Å². The second kappa shape index (κ2) is 5.93. The van der Waals surface area contributed by atoms with Crippen LogP contribution in [0.2, 0.25) is 0 Å². The number of hydrogen-bond acceptors (Lipinski definition) is 3. The van der Waals surface area contributed by atoms with Gasteiger partial charge in [0.25, 0.3) is 5.91 Å². The van der Waals surface area contributed by atoms with E-state index in [2.05, 4.69) is 26.5 Å². The van der Waals surface area contributed by atoms with E-state index >= 15 is 0 Å². The molecule has 1 heterocycles. The molecule has 3 nitrogen and oxygen atoms in total. The molecule has 2 rings (SSSR count). The molecule has 0 atom stereocenters. The Morgan fingerprint density at radius 3 is 2.89 bits per heavy atom. The number of amides is 1. The number of thiophene rings is 1. The van der Waals surface area contributed by atoms with Crippen molar-refractivity contribution in [3.05, 3.63) is 56.2 Å². The van der Waals surface area contributed by atoms with Crippen LogP contribution < -0.4 is 5.43 Å². The summed E-state index contributed by atoms with van der Waals surface area (Å²) in [6, 6.07) is 9.35. The summed E-state index contributed by atoms with van der Waals surface area (Å²) in [6.45, 7) is 1.90. The summed E-state index contributed by atoms with van der Waals surface area (Å²) in [4.78, 5) is 12.8. The van der Waals surface area contributed by atoms with Crippen molar-refractivity contribution in [2.45, 2.75) is 6.92 Å². The molecule has 2 aromatic rings. The van der Waals surface area contributed by atoms with E-state index in [1.54, 1.807) is 23.6 Å². The molecule has 1 aromatic carbocycles. The zero-order valence-electron chi connectivity index (χ0n) is 9.68. The van der Waals surface area contributed by atoms with E-state index < -0.39 is 0 Å². The van der Waals surface area contributed by atoms with Gasteiger partial charge in [-0.2, -0.15) is 5.10 Å². The van der Waals surface area contributed by atoms with E-state index in [9.17, 15) is 4.79 Å². The van der Waals surface area contributed by atoms with Gasteiger partial charge in [0, 0.05) is 20.3 Å². The van der Waals surface area contributed by atoms with Gasteiger partial charge < -0.3 is 0 Å². The molecular weight excluding hydrogens is 312 g/mol. The van der Waals surface area contributed by atoms with Gasteiger partial charge in [-0.25, -0.2) is 5.43 Å². The quantitative estimate of drug-likeness (QED) is 0.681. The van der Waals surface area contributed by atoms with Gasteiger partial charge in [-0.1, -0.05) is 18.2 Å². The number of hydrazone groups is 1. The predicted octanol–water partition coefficient (Wildman–Crippen LogP) is 3.58. The first-order valence-electron chi connectivity index (χ1n) is 5.30. The van der Waals surface area contributed by atoms with Crippen molar-refractivity contribution in [2.75, 3.05) is 0 Å². The molecule has 0 aliphatic rings. The average Bonchev–Trinajstić information content (AvgIpc) is 2.75. The zero-order valence-corrected chi connectivity index (χ0v) is 12.1. The second-order valence-corrected chi connectivity index (χ2v) is 5.54. The minimum Gasteiger partial charge on any atom is -0.267 e. The summed E-state index contributed by atoms with van der Waals surface area (Å²) in [5, 5.41) is 5.90. The van der Waals surface area contributed by atoms with Gasteiger partial charge in [0.1, 0.15) is 0 Å². The van der Waals surface area contributed by atoms with Gasteiger partial charge >= 0.3 is 0 Å². The van der Waals surface area contributed by atoms with Gasteiger partial charge in [-0.3, -0.25) is 4.79 Å². The fourth-order valence-electron chi connectivity index (χ4n) is 1.44. The highest BCUT2D eigenvalue weighted by Crippen LogP contribution is 2.17. The number of hydrogen-bond donors (Lipinski definition) is 1. The molecule has 18 heavy (non-hydrogen) atoms. The molecule has 5 heteroatoms. The second-order valence-electron chi connectivity index (χ2n) is 3.68. The predicted molar refractivity (Wildman–Crippen MR) is 78.3 cm³/mol. The third-order valence-corrected chi connectivity index (χ3v) is 3.96. The van der Waals surface area contributed by atoms with E-state index in [1.807, 2.05) is 36.6 Å². The van der Waals surface area contributed by atoms with Crippen LogP contribution >= 0.6 is 27.3 Å². The maximum atomic E-state index is 11.8. The van der Waals surface area contributed by atoms with Gasteiger partial charge in [0.2, 0.25) is 0 Å². The Kier molecular flexibility index (Phi) is 4.28. The highest BCUT2D eigenvalue weighted by Gasteiger charge is 2.06. The van der Waals surface area contributed by atoms with Crippen LogP contribution in [0.1, 0.15) is 20.8 Å². The summed E-state index contributed by atoms with van der Waals surface area (Å²) in [5.74, 6) is -0.194. The standard InChI is InChI=1S/C13H11BrN2OS/c1-9-4-2-3-5-12(9)13(17)16-15-7-11-6-10(14)8-18-11/h2-8H,1H3,(H,16,17)/b15-7-. The van der Waals surface area contributed by atoms with Crippen molar-refractivity contribution < 1.29 is 4.79 Å². The monoisotopic (exact) mass is 322 g/mol. The summed E-state index contributed by atoms with van der Waals surface area (Å²) in [6.07, 6.45) is 1.63. The summed E-state index contributed by atoms with van der Waals surface area (Å²) < 4.78 is 1.01. The molecule has 0 aliphatic heterocycles. The number of nitrogens with one attached hydrogen (secondary N) is 1. The highest BCUT2D eigenvalue weighted by molar-refractivity contribution is 9.10. The lowest BCUT2D eigenvalue weighted by molar-refractivity contribution is 0.0954. The lowest BCUT2D eigenvalue weighted by Gasteiger charge is -2.02. The molecule has 1 N–H and O–H groups in total. The first-order chi connectivity index (χ1) is 8.66. The fraction of sp³-hybridized carbons (Fsp3) is 0.0769. The molecule has 92 valence electrons. The van der Waals surface area contributed by atoms with Gasteiger partial charge in [0.15, 0.2) is 0 Å². The van der Waals surface area contributed by atoms with Crippen LogP contribution in [0, 0.1) is 6.92 Å². The Morgan fingerprint density at radius 1 is 1.44 bits per heavy atom. The normalized spacial score (nSPS) is 10.8. The number of rotatable bonds is 3. The Labute approximate surface area is 118 Å². The Balaban J connectivity index is 2.01. The SMILES string of the molecule is Cc1ccccc1C(=O)N/N=C\c1cc(Br)cs1. The van der Waals surface area contributed by atoms with Crippen molar-refractivity contribution in [3.8, 4) is 0 Å². The molecule has 0 bridgehead atoms. The van der Waals surface area contributed by atoms with E-state index in [0.29, 0.717) is 5.56 Å². The third-order valence-electron chi connectivity index (χ3n) is 2.34. The van der Waals surface area contributed by atoms with Crippen LogP contribution in [-0.2, 0) is 0 Å². The van der Waals surface area contributed by atoms with Crippen LogP contribution in [0.15, 0.2) is 45.3 Å². The topological polar surface area (TPSA) is 41.5 Å². The lowest BCUT2D eigenvalue weighted by Crippen LogP contribution is -2.18. The highest BCUT2D eigenvalue weighted by atomic mass is 79.9. The molecule has 1 amide bonds. The zero-order chi connectivity index (χ0) is 13.0. The molecule has 1 aromatic heterocycles. The Morgan fingerprint density at radius 2 is 2.22 bits per heavy atom. The Hall–Kier alpha value is -1.46. The first-order valence-corrected chi connectivity index (χ1v) is 6.97. The Bertz CT molecular complexity index is 592. The molecule has 0 saturated carbocycles. The average molecular weight is 323 g/mol. The van der Waals surface area contributed by atoms with Crippen LogP contribution in [-0.4, -0.2) is 12.1 Å². The van der Waals surface area contributed by atoms with E-state index in [-0.39, 0.29) is 5.91 Å². The van der Waals surface area contributed by atoms with E-state index in [1.165, 1.54) is 0 Å². The minimum absolute atomic E-state index is 0.194. The number of benzene rings is 1. The van der Waals surface area contributed by atoms with Crippen molar-refractivity contribution >= 4 is 39.4 Å². The van der Waals surface area contributed by atoms with Gasteiger partial charge in [0.05, 0.1) is 6.21 Å².